The van der Waals surface area contributed by atoms with Crippen molar-refractivity contribution in [3.05, 3.63) is 48.0 Å². The number of methoxy groups -OCH3 is 1. The van der Waals surface area contributed by atoms with Crippen LogP contribution in [0.4, 0.5) is 5.69 Å². The molecule has 1 heterocycles. The number of carbonyl (C=O) groups is 1. The van der Waals surface area contributed by atoms with E-state index >= 15 is 0 Å². The smallest absolute Gasteiger partial charge is 0.251 e. The van der Waals surface area contributed by atoms with Gasteiger partial charge in [0.15, 0.2) is 0 Å². The van der Waals surface area contributed by atoms with E-state index in [0.717, 1.165) is 34.5 Å². The van der Waals surface area contributed by atoms with Gasteiger partial charge in [-0.15, -0.1) is 0 Å². The molecule has 0 radical (unpaired) electrons. The van der Waals surface area contributed by atoms with Gasteiger partial charge in [0, 0.05) is 35.7 Å². The van der Waals surface area contributed by atoms with Crippen molar-refractivity contribution < 1.29 is 9.53 Å². The summed E-state index contributed by atoms with van der Waals surface area (Å²) in [6.45, 7) is 5.35. The van der Waals surface area contributed by atoms with Crippen molar-refractivity contribution >= 4 is 22.5 Å². The fourth-order valence-electron chi connectivity index (χ4n) is 3.19. The van der Waals surface area contributed by atoms with E-state index in [0.29, 0.717) is 17.8 Å². The molecule has 3 aromatic rings. The molecule has 0 aliphatic heterocycles. The predicted octanol–water partition coefficient (Wildman–Crippen LogP) is 3.67. The highest BCUT2D eigenvalue weighted by molar-refractivity contribution is 6.02. The van der Waals surface area contributed by atoms with Gasteiger partial charge < -0.3 is 20.4 Å². The second kappa shape index (κ2) is 6.89. The van der Waals surface area contributed by atoms with Gasteiger partial charge in [-0.05, 0) is 38.1 Å². The third kappa shape index (κ3) is 2.93. The summed E-state index contributed by atoms with van der Waals surface area (Å²) in [6, 6.07) is 13.5. The largest absolute Gasteiger partial charge is 0.497 e. The Kier molecular flexibility index (Phi) is 4.65. The van der Waals surface area contributed by atoms with Crippen molar-refractivity contribution in [3.63, 3.8) is 0 Å². The molecule has 1 amide bonds. The number of amides is 1. The number of aryl methyl sites for hydroxylation is 1. The molecular weight excluding hydrogens is 314 g/mol. The van der Waals surface area contributed by atoms with Gasteiger partial charge in [0.2, 0.25) is 0 Å². The van der Waals surface area contributed by atoms with E-state index in [1.54, 1.807) is 7.11 Å². The SMILES string of the molecule is CCNC(=O)c1cccc(-c2c(N)c3ccc(OC)cc3n2CC)c1. The zero-order valence-electron chi connectivity index (χ0n) is 14.8. The summed E-state index contributed by atoms with van der Waals surface area (Å²) in [5.41, 5.74) is 10.7. The molecule has 1 aromatic heterocycles. The molecule has 0 atom stereocenters. The second-order valence-corrected chi connectivity index (χ2v) is 5.83. The number of anilines is 1. The molecule has 0 saturated heterocycles. The van der Waals surface area contributed by atoms with Crippen molar-refractivity contribution in [3.8, 4) is 17.0 Å². The van der Waals surface area contributed by atoms with Crippen LogP contribution in [-0.2, 0) is 6.54 Å². The first-order valence-corrected chi connectivity index (χ1v) is 8.45. The zero-order chi connectivity index (χ0) is 18.0. The number of fused-ring (bicyclic) bond motifs is 1. The molecule has 2 aromatic carbocycles. The average Bonchev–Trinajstić information content (AvgIpc) is 2.93. The van der Waals surface area contributed by atoms with Crippen molar-refractivity contribution in [2.45, 2.75) is 20.4 Å². The Bertz CT molecular complexity index is 928. The lowest BCUT2D eigenvalue weighted by Crippen LogP contribution is -2.22. The molecule has 0 unspecified atom stereocenters. The molecule has 0 aliphatic carbocycles. The minimum Gasteiger partial charge on any atom is -0.497 e. The minimum absolute atomic E-state index is 0.0799. The van der Waals surface area contributed by atoms with E-state index in [1.165, 1.54) is 0 Å². The van der Waals surface area contributed by atoms with Gasteiger partial charge in [-0.2, -0.15) is 0 Å². The number of nitrogen functional groups attached to an aromatic ring is 1. The summed E-state index contributed by atoms with van der Waals surface area (Å²) in [5, 5.41) is 3.82. The van der Waals surface area contributed by atoms with Gasteiger partial charge in [-0.1, -0.05) is 12.1 Å². The summed E-state index contributed by atoms with van der Waals surface area (Å²) >= 11 is 0. The minimum atomic E-state index is -0.0799. The first-order chi connectivity index (χ1) is 12.1. The standard InChI is InChI=1S/C20H23N3O2/c1-4-22-20(24)14-8-6-7-13(11-14)19-18(21)16-10-9-15(25-3)12-17(16)23(19)5-2/h6-12H,4-5,21H2,1-3H3,(H,22,24). The topological polar surface area (TPSA) is 69.3 Å². The van der Waals surface area contributed by atoms with Crippen LogP contribution in [0.25, 0.3) is 22.2 Å². The Morgan fingerprint density at radius 2 is 2.00 bits per heavy atom. The van der Waals surface area contributed by atoms with Gasteiger partial charge in [-0.25, -0.2) is 0 Å². The average molecular weight is 337 g/mol. The number of carbonyl (C=O) groups excluding carboxylic acids is 1. The molecule has 0 spiro atoms. The van der Waals surface area contributed by atoms with E-state index in [-0.39, 0.29) is 5.91 Å². The lowest BCUT2D eigenvalue weighted by molar-refractivity contribution is 0.0956. The number of benzene rings is 2. The fourth-order valence-corrected chi connectivity index (χ4v) is 3.19. The van der Waals surface area contributed by atoms with E-state index < -0.39 is 0 Å². The molecule has 25 heavy (non-hydrogen) atoms. The maximum atomic E-state index is 12.2. The number of hydrogen-bond acceptors (Lipinski definition) is 3. The van der Waals surface area contributed by atoms with Crippen LogP contribution in [0.3, 0.4) is 0 Å². The first kappa shape index (κ1) is 16.9. The molecule has 0 bridgehead atoms. The predicted molar refractivity (Wildman–Crippen MR) is 102 cm³/mol. The summed E-state index contributed by atoms with van der Waals surface area (Å²) in [7, 11) is 1.65. The molecule has 3 N–H and O–H groups in total. The highest BCUT2D eigenvalue weighted by Gasteiger charge is 2.17. The van der Waals surface area contributed by atoms with E-state index in [1.807, 2.05) is 49.4 Å². The van der Waals surface area contributed by atoms with Crippen LogP contribution in [0.15, 0.2) is 42.5 Å². The van der Waals surface area contributed by atoms with Gasteiger partial charge in [0.25, 0.3) is 5.91 Å². The van der Waals surface area contributed by atoms with Crippen molar-refractivity contribution in [2.75, 3.05) is 19.4 Å². The zero-order valence-corrected chi connectivity index (χ0v) is 14.8. The Labute approximate surface area is 147 Å². The summed E-state index contributed by atoms with van der Waals surface area (Å²) in [5.74, 6) is 0.714. The Morgan fingerprint density at radius 3 is 2.68 bits per heavy atom. The van der Waals surface area contributed by atoms with Gasteiger partial charge in [0.05, 0.1) is 24.0 Å². The number of aromatic nitrogens is 1. The molecule has 5 nitrogen and oxygen atoms in total. The van der Waals surface area contributed by atoms with Crippen molar-refractivity contribution in [1.82, 2.24) is 9.88 Å². The number of nitrogens with zero attached hydrogens (tertiary/aromatic N) is 1. The first-order valence-electron chi connectivity index (χ1n) is 8.45. The molecule has 0 aliphatic rings. The van der Waals surface area contributed by atoms with Crippen molar-refractivity contribution in [1.29, 1.82) is 0 Å². The molecule has 3 rings (SSSR count). The molecular formula is C20H23N3O2. The third-order valence-electron chi connectivity index (χ3n) is 4.36. The third-order valence-corrected chi connectivity index (χ3v) is 4.36. The number of nitrogens with two attached hydrogens (primary N) is 1. The van der Waals surface area contributed by atoms with Crippen LogP contribution in [0, 0.1) is 0 Å². The number of ether oxygens (including phenoxy) is 1. The van der Waals surface area contributed by atoms with E-state index in [2.05, 4.69) is 16.8 Å². The maximum Gasteiger partial charge on any atom is 0.251 e. The monoisotopic (exact) mass is 337 g/mol. The van der Waals surface area contributed by atoms with E-state index in [9.17, 15) is 4.79 Å². The highest BCUT2D eigenvalue weighted by atomic mass is 16.5. The van der Waals surface area contributed by atoms with Crippen LogP contribution in [0.2, 0.25) is 0 Å². The fraction of sp³-hybridized carbons (Fsp3) is 0.250. The number of hydrogen-bond donors (Lipinski definition) is 2. The lowest BCUT2D eigenvalue weighted by Gasteiger charge is -2.11. The van der Waals surface area contributed by atoms with Gasteiger partial charge in [-0.3, -0.25) is 4.79 Å². The molecule has 0 fully saturated rings. The van der Waals surface area contributed by atoms with Crippen LogP contribution >= 0.6 is 0 Å². The Balaban J connectivity index is 2.20. The quantitative estimate of drug-likeness (QED) is 0.746. The van der Waals surface area contributed by atoms with Crippen LogP contribution in [0.5, 0.6) is 5.75 Å². The van der Waals surface area contributed by atoms with E-state index in [4.69, 9.17) is 10.5 Å². The molecule has 130 valence electrons. The highest BCUT2D eigenvalue weighted by Crippen LogP contribution is 2.37. The molecule has 5 heteroatoms. The Morgan fingerprint density at radius 1 is 1.20 bits per heavy atom. The van der Waals surface area contributed by atoms with Gasteiger partial charge in [0.1, 0.15) is 5.75 Å². The van der Waals surface area contributed by atoms with Crippen LogP contribution in [0.1, 0.15) is 24.2 Å². The Hall–Kier alpha value is -2.95. The summed E-state index contributed by atoms with van der Waals surface area (Å²) < 4.78 is 7.50. The number of nitrogens with one attached hydrogen (secondary N) is 1. The second-order valence-electron chi connectivity index (χ2n) is 5.83. The normalized spacial score (nSPS) is 10.8. The lowest BCUT2D eigenvalue weighted by atomic mass is 10.1. The molecule has 0 saturated carbocycles. The maximum absolute atomic E-state index is 12.2. The van der Waals surface area contributed by atoms with Crippen molar-refractivity contribution in [2.24, 2.45) is 0 Å². The summed E-state index contributed by atoms with van der Waals surface area (Å²) in [4.78, 5) is 12.2. The van der Waals surface area contributed by atoms with Crippen LogP contribution in [-0.4, -0.2) is 24.1 Å². The summed E-state index contributed by atoms with van der Waals surface area (Å²) in [6.07, 6.45) is 0. The number of rotatable bonds is 5. The van der Waals surface area contributed by atoms with Crippen LogP contribution < -0.4 is 15.8 Å². The van der Waals surface area contributed by atoms with Gasteiger partial charge >= 0.3 is 0 Å².